The number of hydrogen-bond donors (Lipinski definition) is 2. The number of aromatic nitrogens is 1. The lowest BCUT2D eigenvalue weighted by atomic mass is 10.0. The number of carbonyl (C=O) groups is 1. The summed E-state index contributed by atoms with van der Waals surface area (Å²) in [6.07, 6.45) is 1.90. The van der Waals surface area contributed by atoms with Gasteiger partial charge in [-0.2, -0.15) is 0 Å². The van der Waals surface area contributed by atoms with Crippen molar-refractivity contribution in [3.63, 3.8) is 0 Å². The third-order valence-corrected chi connectivity index (χ3v) is 7.31. The van der Waals surface area contributed by atoms with Crippen molar-refractivity contribution in [3.8, 4) is 17.0 Å². The van der Waals surface area contributed by atoms with Crippen molar-refractivity contribution in [2.24, 2.45) is 0 Å². The lowest BCUT2D eigenvalue weighted by molar-refractivity contribution is 0.0908. The van der Waals surface area contributed by atoms with Gasteiger partial charge >= 0.3 is 0 Å². The van der Waals surface area contributed by atoms with E-state index in [2.05, 4.69) is 51.6 Å². The number of likely N-dealkylation sites (tertiary alicyclic amines) is 1. The molecule has 0 atom stereocenters. The van der Waals surface area contributed by atoms with E-state index in [1.165, 1.54) is 5.56 Å². The van der Waals surface area contributed by atoms with Gasteiger partial charge in [0.05, 0.1) is 12.3 Å². The Hall–Kier alpha value is -3.28. The molecule has 0 spiro atoms. The fourth-order valence-corrected chi connectivity index (χ4v) is 5.09. The van der Waals surface area contributed by atoms with Crippen LogP contribution in [0.25, 0.3) is 22.2 Å². The van der Waals surface area contributed by atoms with Gasteiger partial charge in [-0.25, -0.2) is 0 Å². The van der Waals surface area contributed by atoms with Crippen LogP contribution >= 0.6 is 11.6 Å². The number of fused-ring (bicyclic) bond motifs is 1. The first-order valence-corrected chi connectivity index (χ1v) is 13.0. The van der Waals surface area contributed by atoms with Gasteiger partial charge < -0.3 is 15.0 Å². The van der Waals surface area contributed by atoms with Crippen LogP contribution in [0.3, 0.4) is 0 Å². The number of hydrogen-bond acceptors (Lipinski definition) is 3. The lowest BCUT2D eigenvalue weighted by Gasteiger charge is -2.32. The molecule has 2 N–H and O–H groups in total. The van der Waals surface area contributed by atoms with Crippen LogP contribution in [0.5, 0.6) is 5.75 Å². The summed E-state index contributed by atoms with van der Waals surface area (Å²) in [7, 11) is 0. The Balaban J connectivity index is 1.27. The van der Waals surface area contributed by atoms with Crippen molar-refractivity contribution in [2.45, 2.75) is 39.3 Å². The number of amides is 1. The third kappa shape index (κ3) is 5.43. The highest BCUT2D eigenvalue weighted by Gasteiger charge is 2.22. The van der Waals surface area contributed by atoms with E-state index < -0.39 is 0 Å². The predicted octanol–water partition coefficient (Wildman–Crippen LogP) is 6.59. The number of aromatic amines is 1. The van der Waals surface area contributed by atoms with Gasteiger partial charge in [0.25, 0.3) is 5.91 Å². The smallest absolute Gasteiger partial charge is 0.251 e. The van der Waals surface area contributed by atoms with Crippen molar-refractivity contribution in [2.75, 3.05) is 19.7 Å². The van der Waals surface area contributed by atoms with E-state index in [0.717, 1.165) is 65.2 Å². The monoisotopic (exact) mass is 501 g/mol. The molecule has 5 nitrogen and oxygen atoms in total. The highest BCUT2D eigenvalue weighted by atomic mass is 35.5. The quantitative estimate of drug-likeness (QED) is 0.300. The van der Waals surface area contributed by atoms with Gasteiger partial charge in [0, 0.05) is 52.7 Å². The van der Waals surface area contributed by atoms with E-state index in [4.69, 9.17) is 16.3 Å². The van der Waals surface area contributed by atoms with Crippen LogP contribution in [-0.4, -0.2) is 41.5 Å². The number of halogens is 1. The Morgan fingerprint density at radius 1 is 1.08 bits per heavy atom. The highest BCUT2D eigenvalue weighted by molar-refractivity contribution is 6.32. The zero-order valence-electron chi connectivity index (χ0n) is 20.8. The molecule has 1 aliphatic heterocycles. The fourth-order valence-electron chi connectivity index (χ4n) is 4.91. The van der Waals surface area contributed by atoms with Crippen LogP contribution in [0, 0.1) is 6.92 Å². The Kier molecular flexibility index (Phi) is 7.30. The van der Waals surface area contributed by atoms with E-state index in [-0.39, 0.29) is 11.9 Å². The molecule has 0 aliphatic carbocycles. The maximum absolute atomic E-state index is 13.1. The molecule has 6 heteroatoms. The molecule has 2 heterocycles. The number of nitrogens with zero attached hydrogens (tertiary/aromatic N) is 1. The molecule has 0 unspecified atom stereocenters. The molecule has 0 bridgehead atoms. The van der Waals surface area contributed by atoms with Crippen LogP contribution < -0.4 is 10.1 Å². The summed E-state index contributed by atoms with van der Waals surface area (Å²) in [6, 6.07) is 22.5. The number of ether oxygens (including phenoxy) is 1. The molecule has 5 rings (SSSR count). The molecule has 186 valence electrons. The second kappa shape index (κ2) is 10.8. The molecule has 0 radical (unpaired) electrons. The molecule has 1 aromatic heterocycles. The summed E-state index contributed by atoms with van der Waals surface area (Å²) >= 11 is 6.32. The van der Waals surface area contributed by atoms with Crippen molar-refractivity contribution in [3.05, 3.63) is 88.4 Å². The third-order valence-electron chi connectivity index (χ3n) is 6.91. The summed E-state index contributed by atoms with van der Waals surface area (Å²) in [5.41, 5.74) is 5.86. The van der Waals surface area contributed by atoms with Gasteiger partial charge in [0.2, 0.25) is 0 Å². The van der Waals surface area contributed by atoms with Crippen LogP contribution in [-0.2, 0) is 6.54 Å². The molecule has 0 saturated carbocycles. The summed E-state index contributed by atoms with van der Waals surface area (Å²) in [4.78, 5) is 19.0. The Labute approximate surface area is 217 Å². The van der Waals surface area contributed by atoms with E-state index >= 15 is 0 Å². The van der Waals surface area contributed by atoms with E-state index in [9.17, 15) is 4.79 Å². The van der Waals surface area contributed by atoms with Gasteiger partial charge in [0.1, 0.15) is 5.75 Å². The zero-order valence-corrected chi connectivity index (χ0v) is 21.6. The summed E-state index contributed by atoms with van der Waals surface area (Å²) in [6.45, 7) is 7.38. The SMILES string of the molecule is CCOc1cc(C(=O)NC2CCN(Cc3ccccc3)CC2)ccc1-c1cc2cc(Cl)c(C)cc2[nH]1. The van der Waals surface area contributed by atoms with Gasteiger partial charge in [-0.15, -0.1) is 0 Å². The zero-order chi connectivity index (χ0) is 25.1. The molecule has 1 saturated heterocycles. The number of carbonyl (C=O) groups excluding carboxylic acids is 1. The predicted molar refractivity (Wildman–Crippen MR) is 147 cm³/mol. The van der Waals surface area contributed by atoms with E-state index in [0.29, 0.717) is 17.9 Å². The van der Waals surface area contributed by atoms with Crippen molar-refractivity contribution in [1.82, 2.24) is 15.2 Å². The Morgan fingerprint density at radius 3 is 2.61 bits per heavy atom. The normalized spacial score (nSPS) is 14.8. The molecule has 3 aromatic carbocycles. The molecular weight excluding hydrogens is 470 g/mol. The minimum Gasteiger partial charge on any atom is -0.493 e. The largest absolute Gasteiger partial charge is 0.493 e. The topological polar surface area (TPSA) is 57.4 Å². The average molecular weight is 502 g/mol. The number of rotatable bonds is 7. The van der Waals surface area contributed by atoms with Crippen LogP contribution in [0.2, 0.25) is 5.02 Å². The minimum atomic E-state index is -0.0527. The Morgan fingerprint density at radius 2 is 1.86 bits per heavy atom. The molecule has 1 fully saturated rings. The van der Waals surface area contributed by atoms with Gasteiger partial charge in [0.15, 0.2) is 0 Å². The first-order chi connectivity index (χ1) is 17.5. The summed E-state index contributed by atoms with van der Waals surface area (Å²) < 4.78 is 5.95. The van der Waals surface area contributed by atoms with Crippen molar-refractivity contribution >= 4 is 28.4 Å². The summed E-state index contributed by atoms with van der Waals surface area (Å²) in [5.74, 6) is 0.639. The molecule has 36 heavy (non-hydrogen) atoms. The number of nitrogens with one attached hydrogen (secondary N) is 2. The number of piperidine rings is 1. The van der Waals surface area contributed by atoms with Gasteiger partial charge in [-0.1, -0.05) is 41.9 Å². The highest BCUT2D eigenvalue weighted by Crippen LogP contribution is 2.34. The second-order valence-electron chi connectivity index (χ2n) is 9.53. The first-order valence-electron chi connectivity index (χ1n) is 12.6. The van der Waals surface area contributed by atoms with Crippen LogP contribution in [0.15, 0.2) is 66.7 Å². The standard InChI is InChI=1S/C30H32ClN3O2/c1-3-36-29-18-22(9-10-25(29)28-17-23-16-26(31)20(2)15-27(23)33-28)30(35)32-24-11-13-34(14-12-24)19-21-7-5-4-6-8-21/h4-10,15-18,24,33H,3,11-14,19H2,1-2H3,(H,32,35). The maximum Gasteiger partial charge on any atom is 0.251 e. The number of aryl methyl sites for hydroxylation is 1. The number of benzene rings is 3. The fraction of sp³-hybridized carbons (Fsp3) is 0.300. The van der Waals surface area contributed by atoms with Crippen LogP contribution in [0.4, 0.5) is 0 Å². The van der Waals surface area contributed by atoms with Crippen molar-refractivity contribution < 1.29 is 9.53 Å². The molecular formula is C30H32ClN3O2. The Bertz CT molecular complexity index is 1320. The van der Waals surface area contributed by atoms with Crippen molar-refractivity contribution in [1.29, 1.82) is 0 Å². The second-order valence-corrected chi connectivity index (χ2v) is 9.93. The maximum atomic E-state index is 13.1. The summed E-state index contributed by atoms with van der Waals surface area (Å²) in [5, 5.41) is 5.03. The molecule has 1 aliphatic rings. The van der Waals surface area contributed by atoms with Crippen LogP contribution in [0.1, 0.15) is 41.3 Å². The van der Waals surface area contributed by atoms with E-state index in [1.807, 2.05) is 44.2 Å². The van der Waals surface area contributed by atoms with Gasteiger partial charge in [-0.05, 0) is 74.2 Å². The molecule has 4 aromatic rings. The molecule has 1 amide bonds. The average Bonchev–Trinajstić information content (AvgIpc) is 3.28. The number of H-pyrrole nitrogens is 1. The first kappa shape index (κ1) is 24.4. The lowest BCUT2D eigenvalue weighted by Crippen LogP contribution is -2.44. The van der Waals surface area contributed by atoms with Gasteiger partial charge in [-0.3, -0.25) is 9.69 Å². The van der Waals surface area contributed by atoms with E-state index in [1.54, 1.807) is 0 Å². The minimum absolute atomic E-state index is 0.0527.